The first-order chi connectivity index (χ1) is 7.23. The van der Waals surface area contributed by atoms with Crippen molar-refractivity contribution in [3.63, 3.8) is 0 Å². The summed E-state index contributed by atoms with van der Waals surface area (Å²) in [6.45, 7) is 0. The molecule has 1 aliphatic rings. The molecule has 0 bridgehead atoms. The van der Waals surface area contributed by atoms with Gasteiger partial charge in [0, 0.05) is 11.3 Å². The normalized spacial score (nSPS) is 18.1. The maximum absolute atomic E-state index is 11.4. The summed E-state index contributed by atoms with van der Waals surface area (Å²) in [6.07, 6.45) is 0. The van der Waals surface area contributed by atoms with Crippen LogP contribution in [0.4, 0.5) is 5.69 Å². The fourth-order valence-corrected chi connectivity index (χ4v) is 2.34. The molecule has 1 aliphatic heterocycles. The number of amides is 1. The van der Waals surface area contributed by atoms with Crippen molar-refractivity contribution in [1.82, 2.24) is 0 Å². The van der Waals surface area contributed by atoms with Crippen LogP contribution in [-0.4, -0.2) is 14.3 Å². The molecular weight excluding hydrogens is 275 g/mol. The van der Waals surface area contributed by atoms with Gasteiger partial charge in [-0.05, 0) is 18.2 Å². The highest BCUT2D eigenvalue weighted by molar-refractivity contribution is 7.89. The van der Waals surface area contributed by atoms with Crippen molar-refractivity contribution >= 4 is 44.8 Å². The van der Waals surface area contributed by atoms with Gasteiger partial charge in [-0.3, -0.25) is 4.79 Å². The average molecular weight is 281 g/mol. The number of fused-ring (bicyclic) bond motifs is 1. The van der Waals surface area contributed by atoms with E-state index in [2.05, 4.69) is 5.32 Å². The molecule has 16 heavy (non-hydrogen) atoms. The van der Waals surface area contributed by atoms with Crippen LogP contribution in [0, 0.1) is 0 Å². The molecule has 0 radical (unpaired) electrons. The van der Waals surface area contributed by atoms with Gasteiger partial charge in [0.2, 0.25) is 14.4 Å². The number of halogens is 2. The molecule has 0 aromatic heterocycles. The van der Waals surface area contributed by atoms with Gasteiger partial charge < -0.3 is 5.32 Å². The summed E-state index contributed by atoms with van der Waals surface area (Å²) in [7, 11) is -3.85. The van der Waals surface area contributed by atoms with Crippen LogP contribution in [0.2, 0.25) is 0 Å². The lowest BCUT2D eigenvalue weighted by Crippen LogP contribution is -2.21. The Labute approximate surface area is 102 Å². The number of hydrogen-bond donors (Lipinski definition) is 2. The Balaban J connectivity index is 2.66. The van der Waals surface area contributed by atoms with Crippen LogP contribution in [0.25, 0.3) is 0 Å². The molecule has 5 nitrogen and oxygen atoms in total. The van der Waals surface area contributed by atoms with Gasteiger partial charge in [0.05, 0.1) is 4.90 Å². The zero-order valence-electron chi connectivity index (χ0n) is 7.70. The number of carbonyl (C=O) groups excluding carboxylic acids is 1. The van der Waals surface area contributed by atoms with Crippen LogP contribution >= 0.6 is 23.2 Å². The van der Waals surface area contributed by atoms with Gasteiger partial charge >= 0.3 is 0 Å². The first kappa shape index (κ1) is 11.7. The maximum atomic E-state index is 11.4. The van der Waals surface area contributed by atoms with Crippen molar-refractivity contribution < 1.29 is 13.2 Å². The molecule has 1 aromatic rings. The summed E-state index contributed by atoms with van der Waals surface area (Å²) < 4.78 is 20.4. The number of carbonyl (C=O) groups is 1. The highest BCUT2D eigenvalue weighted by atomic mass is 35.5. The number of anilines is 1. The van der Waals surface area contributed by atoms with Gasteiger partial charge in [0.15, 0.2) is 0 Å². The first-order valence-electron chi connectivity index (χ1n) is 4.09. The average Bonchev–Trinajstić information content (AvgIpc) is 2.37. The highest BCUT2D eigenvalue weighted by Gasteiger charge is 2.44. The third-order valence-corrected chi connectivity index (χ3v) is 3.85. The van der Waals surface area contributed by atoms with Gasteiger partial charge in [-0.1, -0.05) is 23.2 Å². The summed E-state index contributed by atoms with van der Waals surface area (Å²) in [5.41, 5.74) is 0.565. The molecule has 1 aromatic carbocycles. The van der Waals surface area contributed by atoms with E-state index in [1.165, 1.54) is 18.2 Å². The van der Waals surface area contributed by atoms with Crippen molar-refractivity contribution in [1.29, 1.82) is 0 Å². The second-order valence-electron chi connectivity index (χ2n) is 3.28. The number of sulfonamides is 1. The predicted molar refractivity (Wildman–Crippen MR) is 59.8 cm³/mol. The lowest BCUT2D eigenvalue weighted by Gasteiger charge is -2.10. The smallest absolute Gasteiger partial charge is 0.265 e. The standard InChI is InChI=1S/C8H6Cl2N2O3S/c9-8(10)5-3-4(16(11,14)15)1-2-6(5)12-7(8)13/h1-3H,(H,12,13)(H2,11,14,15). The third kappa shape index (κ3) is 1.67. The molecule has 3 N–H and O–H groups in total. The molecule has 0 aliphatic carbocycles. The van der Waals surface area contributed by atoms with Gasteiger partial charge in [-0.25, -0.2) is 13.6 Å². The van der Waals surface area contributed by atoms with Crippen LogP contribution < -0.4 is 10.5 Å². The Hall–Kier alpha value is -0.820. The SMILES string of the molecule is NS(=O)(=O)c1ccc2c(c1)C(Cl)(Cl)C(=O)N2. The quantitative estimate of drug-likeness (QED) is 0.750. The van der Waals surface area contributed by atoms with Crippen molar-refractivity contribution in [2.45, 2.75) is 9.23 Å². The Morgan fingerprint density at radius 1 is 1.31 bits per heavy atom. The molecule has 1 amide bonds. The van der Waals surface area contributed by atoms with E-state index in [9.17, 15) is 13.2 Å². The van der Waals surface area contributed by atoms with Crippen LogP contribution in [0.3, 0.4) is 0 Å². The van der Waals surface area contributed by atoms with Crippen molar-refractivity contribution in [2.75, 3.05) is 5.32 Å². The summed E-state index contributed by atoms with van der Waals surface area (Å²) in [6, 6.07) is 3.84. The number of hydrogen-bond acceptors (Lipinski definition) is 3. The number of nitrogens with two attached hydrogens (primary N) is 1. The Bertz CT molecular complexity index is 583. The fourth-order valence-electron chi connectivity index (χ4n) is 1.39. The van der Waals surface area contributed by atoms with E-state index >= 15 is 0 Å². The molecule has 0 fully saturated rings. The summed E-state index contributed by atoms with van der Waals surface area (Å²) >= 11 is 11.6. The van der Waals surface area contributed by atoms with E-state index in [1.54, 1.807) is 0 Å². The fraction of sp³-hybridized carbons (Fsp3) is 0.125. The molecule has 8 heteroatoms. The van der Waals surface area contributed by atoms with E-state index in [1.807, 2.05) is 0 Å². The largest absolute Gasteiger partial charge is 0.323 e. The van der Waals surface area contributed by atoms with Gasteiger partial charge in [0.1, 0.15) is 0 Å². The van der Waals surface area contributed by atoms with Crippen LogP contribution in [0.15, 0.2) is 23.1 Å². The second-order valence-corrected chi connectivity index (χ2v) is 6.17. The van der Waals surface area contributed by atoms with Crippen LogP contribution in [0.1, 0.15) is 5.56 Å². The van der Waals surface area contributed by atoms with Crippen molar-refractivity contribution in [3.05, 3.63) is 23.8 Å². The third-order valence-electron chi connectivity index (χ3n) is 2.19. The molecule has 0 spiro atoms. The van der Waals surface area contributed by atoms with Crippen molar-refractivity contribution in [2.24, 2.45) is 5.14 Å². The molecule has 1 heterocycles. The first-order valence-corrected chi connectivity index (χ1v) is 6.40. The minimum Gasteiger partial charge on any atom is -0.323 e. The summed E-state index contributed by atoms with van der Waals surface area (Å²) in [5.74, 6) is -0.614. The highest BCUT2D eigenvalue weighted by Crippen LogP contribution is 2.44. The minimum absolute atomic E-state index is 0.145. The van der Waals surface area contributed by atoms with E-state index < -0.39 is 20.3 Å². The minimum atomic E-state index is -3.85. The second kappa shape index (κ2) is 3.33. The lowest BCUT2D eigenvalue weighted by atomic mass is 10.1. The Morgan fingerprint density at radius 2 is 1.94 bits per heavy atom. The summed E-state index contributed by atoms with van der Waals surface area (Å²) in [5, 5.41) is 7.38. The monoisotopic (exact) mass is 280 g/mol. The van der Waals surface area contributed by atoms with Gasteiger partial charge in [-0.15, -0.1) is 0 Å². The number of benzene rings is 1. The molecule has 86 valence electrons. The van der Waals surface area contributed by atoms with Gasteiger partial charge in [-0.2, -0.15) is 0 Å². The number of primary sulfonamides is 1. The maximum Gasteiger partial charge on any atom is 0.265 e. The van der Waals surface area contributed by atoms with E-state index in [0.717, 1.165) is 0 Å². The molecular formula is C8H6Cl2N2O3S. The zero-order valence-corrected chi connectivity index (χ0v) is 10.0. The number of alkyl halides is 2. The lowest BCUT2D eigenvalue weighted by molar-refractivity contribution is -0.116. The van der Waals surface area contributed by atoms with Crippen LogP contribution in [0.5, 0.6) is 0 Å². The van der Waals surface area contributed by atoms with Gasteiger partial charge in [0.25, 0.3) is 5.91 Å². The van der Waals surface area contributed by atoms with Crippen molar-refractivity contribution in [3.8, 4) is 0 Å². The van der Waals surface area contributed by atoms with E-state index in [4.69, 9.17) is 28.3 Å². The number of nitrogens with one attached hydrogen (secondary N) is 1. The topological polar surface area (TPSA) is 89.3 Å². The predicted octanol–water partition coefficient (Wildman–Crippen LogP) is 0.917. The van der Waals surface area contributed by atoms with Crippen LogP contribution in [-0.2, 0) is 19.2 Å². The van der Waals surface area contributed by atoms with E-state index in [0.29, 0.717) is 5.69 Å². The molecule has 0 saturated heterocycles. The molecule has 0 atom stereocenters. The Morgan fingerprint density at radius 3 is 2.50 bits per heavy atom. The number of rotatable bonds is 1. The Kier molecular flexibility index (Phi) is 2.43. The van der Waals surface area contributed by atoms with E-state index in [-0.39, 0.29) is 10.5 Å². The summed E-state index contributed by atoms with van der Waals surface area (Å²) in [4.78, 5) is 11.2. The zero-order chi connectivity index (χ0) is 12.1. The molecule has 0 saturated carbocycles. The molecule has 2 rings (SSSR count). The molecule has 0 unspecified atom stereocenters.